The quantitative estimate of drug-likeness (QED) is 0.712. The highest BCUT2D eigenvalue weighted by molar-refractivity contribution is 5.29. The van der Waals surface area contributed by atoms with Crippen LogP contribution in [0.25, 0.3) is 0 Å². The molecule has 3 N–H and O–H groups in total. The number of rotatable bonds is 7. The lowest BCUT2D eigenvalue weighted by Crippen LogP contribution is -2.47. The minimum atomic E-state index is -0.705. The van der Waals surface area contributed by atoms with E-state index in [1.165, 1.54) is 0 Å². The van der Waals surface area contributed by atoms with Crippen LogP contribution in [0.1, 0.15) is 26.2 Å². The summed E-state index contributed by atoms with van der Waals surface area (Å²) in [7, 11) is 0. The van der Waals surface area contributed by atoms with Crippen LogP contribution in [0, 0.1) is 0 Å². The Kier molecular flexibility index (Phi) is 5.90. The fourth-order valence-corrected chi connectivity index (χ4v) is 2.57. The summed E-state index contributed by atoms with van der Waals surface area (Å²) in [5.41, 5.74) is 4.82. The van der Waals surface area contributed by atoms with Gasteiger partial charge in [0.25, 0.3) is 0 Å². The first-order valence-corrected chi connectivity index (χ1v) is 7.77. The Balaban J connectivity index is 1.63. The maximum atomic E-state index is 9.86. The van der Waals surface area contributed by atoms with Gasteiger partial charge in [-0.15, -0.1) is 0 Å². The summed E-state index contributed by atoms with van der Waals surface area (Å²) in [6, 6.07) is 1.84. The highest BCUT2D eigenvalue weighted by Crippen LogP contribution is 2.14. The van der Waals surface area contributed by atoms with Crippen LogP contribution in [-0.2, 0) is 0 Å². The number of unbranched alkanes of at least 4 members (excludes halogenated alkanes) is 1. The molecule has 1 fully saturated rings. The molecule has 2 heterocycles. The third kappa shape index (κ3) is 5.22. The monoisotopic (exact) mass is 293 g/mol. The number of nitrogens with two attached hydrogens (primary N) is 1. The highest BCUT2D eigenvalue weighted by Gasteiger charge is 2.20. The molecule has 0 saturated carbocycles. The van der Waals surface area contributed by atoms with Gasteiger partial charge in [-0.25, -0.2) is 9.97 Å². The molecule has 0 spiro atoms. The number of hydrogen-bond donors (Lipinski definition) is 2. The van der Waals surface area contributed by atoms with Crippen LogP contribution in [0.3, 0.4) is 0 Å². The van der Waals surface area contributed by atoms with Gasteiger partial charge in [0.2, 0.25) is 5.95 Å². The molecule has 1 aromatic rings. The number of nitrogens with zero attached hydrogens (tertiary/aromatic N) is 4. The van der Waals surface area contributed by atoms with E-state index in [-0.39, 0.29) is 0 Å². The molecule has 2 rings (SSSR count). The Labute approximate surface area is 127 Å². The van der Waals surface area contributed by atoms with Gasteiger partial charge in [0, 0.05) is 45.1 Å². The van der Waals surface area contributed by atoms with Gasteiger partial charge in [-0.05, 0) is 38.8 Å². The summed E-state index contributed by atoms with van der Waals surface area (Å²) >= 11 is 0. The average Bonchev–Trinajstić information content (AvgIpc) is 2.53. The lowest BCUT2D eigenvalue weighted by Gasteiger charge is -2.34. The van der Waals surface area contributed by atoms with E-state index in [1.807, 2.05) is 13.0 Å². The third-order valence-electron chi connectivity index (χ3n) is 4.09. The molecule has 1 saturated heterocycles. The molecule has 0 bridgehead atoms. The summed E-state index contributed by atoms with van der Waals surface area (Å²) in [5, 5.41) is 9.86. The lowest BCUT2D eigenvalue weighted by molar-refractivity contribution is 0.0563. The van der Waals surface area contributed by atoms with Crippen LogP contribution < -0.4 is 10.6 Å². The maximum Gasteiger partial charge on any atom is 0.225 e. The van der Waals surface area contributed by atoms with Crippen molar-refractivity contribution in [3.63, 3.8) is 0 Å². The van der Waals surface area contributed by atoms with Crippen molar-refractivity contribution < 1.29 is 5.11 Å². The van der Waals surface area contributed by atoms with E-state index >= 15 is 0 Å². The van der Waals surface area contributed by atoms with Crippen LogP contribution >= 0.6 is 0 Å². The predicted molar refractivity (Wildman–Crippen MR) is 84.2 cm³/mol. The third-order valence-corrected chi connectivity index (χ3v) is 4.09. The summed E-state index contributed by atoms with van der Waals surface area (Å²) in [4.78, 5) is 13.3. The molecule has 0 amide bonds. The lowest BCUT2D eigenvalue weighted by atomic mass is 9.99. The average molecular weight is 293 g/mol. The van der Waals surface area contributed by atoms with Gasteiger partial charge < -0.3 is 15.7 Å². The largest absolute Gasteiger partial charge is 0.389 e. The topological polar surface area (TPSA) is 78.5 Å². The molecule has 1 unspecified atom stereocenters. The Hall–Kier alpha value is -1.24. The minimum Gasteiger partial charge on any atom is -0.389 e. The van der Waals surface area contributed by atoms with Crippen molar-refractivity contribution in [1.29, 1.82) is 0 Å². The van der Waals surface area contributed by atoms with Crippen molar-refractivity contribution in [2.45, 2.75) is 31.8 Å². The van der Waals surface area contributed by atoms with Gasteiger partial charge in [-0.1, -0.05) is 0 Å². The van der Waals surface area contributed by atoms with Crippen molar-refractivity contribution in [2.75, 3.05) is 44.2 Å². The van der Waals surface area contributed by atoms with Crippen LogP contribution in [0.2, 0.25) is 0 Å². The second kappa shape index (κ2) is 7.68. The molecule has 1 aliphatic rings. The number of piperazine rings is 1. The fourth-order valence-electron chi connectivity index (χ4n) is 2.57. The zero-order valence-corrected chi connectivity index (χ0v) is 12.9. The van der Waals surface area contributed by atoms with E-state index < -0.39 is 5.60 Å². The highest BCUT2D eigenvalue weighted by atomic mass is 16.3. The van der Waals surface area contributed by atoms with Crippen LogP contribution in [0.4, 0.5) is 5.95 Å². The minimum absolute atomic E-state index is 0.336. The molecule has 1 aromatic heterocycles. The number of hydrogen-bond acceptors (Lipinski definition) is 6. The van der Waals surface area contributed by atoms with Crippen molar-refractivity contribution in [3.05, 3.63) is 18.5 Å². The second-order valence-electron chi connectivity index (χ2n) is 6.04. The number of anilines is 1. The zero-order chi connectivity index (χ0) is 15.1. The Morgan fingerprint density at radius 2 is 1.86 bits per heavy atom. The predicted octanol–water partition coefficient (Wildman–Crippen LogP) is 0.479. The Morgan fingerprint density at radius 1 is 1.19 bits per heavy atom. The van der Waals surface area contributed by atoms with Crippen molar-refractivity contribution in [1.82, 2.24) is 14.9 Å². The first kappa shape index (κ1) is 16.1. The molecular formula is C15H27N5O. The smallest absolute Gasteiger partial charge is 0.225 e. The van der Waals surface area contributed by atoms with Crippen LogP contribution in [-0.4, -0.2) is 64.8 Å². The molecule has 21 heavy (non-hydrogen) atoms. The molecule has 6 nitrogen and oxygen atoms in total. The van der Waals surface area contributed by atoms with E-state index in [0.717, 1.165) is 57.9 Å². The molecular weight excluding hydrogens is 266 g/mol. The van der Waals surface area contributed by atoms with Crippen LogP contribution in [0.5, 0.6) is 0 Å². The first-order chi connectivity index (χ1) is 10.1. The molecule has 0 aromatic carbocycles. The molecule has 0 radical (unpaired) electrons. The van der Waals surface area contributed by atoms with Crippen molar-refractivity contribution in [2.24, 2.45) is 5.73 Å². The van der Waals surface area contributed by atoms with E-state index in [2.05, 4.69) is 19.8 Å². The van der Waals surface area contributed by atoms with E-state index in [0.29, 0.717) is 6.54 Å². The fraction of sp³-hybridized carbons (Fsp3) is 0.733. The van der Waals surface area contributed by atoms with Crippen molar-refractivity contribution in [3.8, 4) is 0 Å². The second-order valence-corrected chi connectivity index (χ2v) is 6.04. The SMILES string of the molecule is CC(O)(CN)CCCCN1CCN(c2ncccn2)CC1. The summed E-state index contributed by atoms with van der Waals surface area (Å²) < 4.78 is 0. The van der Waals surface area contributed by atoms with E-state index in [4.69, 9.17) is 5.73 Å². The molecule has 6 heteroatoms. The summed E-state index contributed by atoms with van der Waals surface area (Å²) in [6.45, 7) is 7.28. The van der Waals surface area contributed by atoms with Gasteiger partial charge in [0.1, 0.15) is 0 Å². The van der Waals surface area contributed by atoms with Crippen molar-refractivity contribution >= 4 is 5.95 Å². The maximum absolute atomic E-state index is 9.86. The van der Waals surface area contributed by atoms with Gasteiger partial charge in [0.15, 0.2) is 0 Å². The Morgan fingerprint density at radius 3 is 2.48 bits per heavy atom. The van der Waals surface area contributed by atoms with Gasteiger partial charge in [-0.3, -0.25) is 4.90 Å². The van der Waals surface area contributed by atoms with E-state index in [9.17, 15) is 5.11 Å². The standard InChI is InChI=1S/C15H27N5O/c1-15(21,13-16)5-2-3-8-19-9-11-20(12-10-19)14-17-6-4-7-18-14/h4,6-7,21H,2-3,5,8-13,16H2,1H3. The number of aliphatic hydroxyl groups is 1. The Bertz CT molecular complexity index is 404. The van der Waals surface area contributed by atoms with Gasteiger partial charge in [-0.2, -0.15) is 0 Å². The molecule has 1 atom stereocenters. The molecule has 118 valence electrons. The normalized spacial score (nSPS) is 19.5. The number of aromatic nitrogens is 2. The molecule has 0 aliphatic carbocycles. The first-order valence-electron chi connectivity index (χ1n) is 7.77. The van der Waals surface area contributed by atoms with Gasteiger partial charge >= 0.3 is 0 Å². The van der Waals surface area contributed by atoms with Gasteiger partial charge in [0.05, 0.1) is 5.60 Å². The van der Waals surface area contributed by atoms with E-state index in [1.54, 1.807) is 12.4 Å². The summed E-state index contributed by atoms with van der Waals surface area (Å²) in [6.07, 6.45) is 6.49. The zero-order valence-electron chi connectivity index (χ0n) is 12.9. The molecule has 1 aliphatic heterocycles. The summed E-state index contributed by atoms with van der Waals surface area (Å²) in [5.74, 6) is 0.830. The van der Waals surface area contributed by atoms with Crippen LogP contribution in [0.15, 0.2) is 18.5 Å².